The first-order chi connectivity index (χ1) is 10.3. The first-order valence-electron chi connectivity index (χ1n) is 7.55. The summed E-state index contributed by atoms with van der Waals surface area (Å²) >= 11 is 6.02. The molecule has 2 heterocycles. The second-order valence-corrected chi connectivity index (χ2v) is 5.92. The van der Waals surface area contributed by atoms with Crippen LogP contribution in [0.25, 0.3) is 10.8 Å². The van der Waals surface area contributed by atoms with Crippen molar-refractivity contribution in [3.8, 4) is 0 Å². The zero-order chi connectivity index (χ0) is 14.7. The third-order valence-electron chi connectivity index (χ3n) is 4.11. The molecule has 0 saturated carbocycles. The van der Waals surface area contributed by atoms with Crippen molar-refractivity contribution in [3.05, 3.63) is 36.0 Å². The van der Waals surface area contributed by atoms with Crippen LogP contribution < -0.4 is 4.90 Å². The monoisotopic (exact) mass is 304 g/mol. The van der Waals surface area contributed by atoms with Gasteiger partial charge in [0.1, 0.15) is 5.82 Å². The molecule has 4 heteroatoms. The Labute approximate surface area is 130 Å². The van der Waals surface area contributed by atoms with E-state index in [0.717, 1.165) is 36.3 Å². The average molecular weight is 305 g/mol. The molecule has 1 saturated heterocycles. The Balaban J connectivity index is 1.89. The zero-order valence-corrected chi connectivity index (χ0v) is 13.1. The van der Waals surface area contributed by atoms with Gasteiger partial charge >= 0.3 is 0 Å². The average Bonchev–Trinajstić information content (AvgIpc) is 2.54. The van der Waals surface area contributed by atoms with Gasteiger partial charge in [-0.15, -0.1) is 11.6 Å². The third-order valence-corrected chi connectivity index (χ3v) is 4.40. The molecule has 3 nitrogen and oxygen atoms in total. The number of aromatic nitrogens is 1. The largest absolute Gasteiger partial charge is 0.376 e. The Hall–Kier alpha value is -1.32. The van der Waals surface area contributed by atoms with Crippen molar-refractivity contribution in [1.82, 2.24) is 4.98 Å². The van der Waals surface area contributed by atoms with Gasteiger partial charge in [0.2, 0.25) is 0 Å². The number of halogens is 1. The van der Waals surface area contributed by atoms with Gasteiger partial charge in [0, 0.05) is 37.7 Å². The van der Waals surface area contributed by atoms with Crippen LogP contribution in [0.15, 0.2) is 30.5 Å². The summed E-state index contributed by atoms with van der Waals surface area (Å²) in [5, 5.41) is 2.35. The smallest absolute Gasteiger partial charge is 0.136 e. The molecule has 1 atom stereocenters. The fraction of sp³-hybridized carbons (Fsp3) is 0.471. The number of alkyl halides is 1. The van der Waals surface area contributed by atoms with Gasteiger partial charge in [-0.1, -0.05) is 24.3 Å². The minimum absolute atomic E-state index is 0.317. The Morgan fingerprint density at radius 1 is 1.29 bits per heavy atom. The summed E-state index contributed by atoms with van der Waals surface area (Å²) in [6.45, 7) is 1.77. The van der Waals surface area contributed by atoms with Gasteiger partial charge in [0.15, 0.2) is 0 Å². The molecule has 1 unspecified atom stereocenters. The molecule has 21 heavy (non-hydrogen) atoms. The maximum absolute atomic E-state index is 6.02. The molecule has 1 aliphatic heterocycles. The lowest BCUT2D eigenvalue weighted by molar-refractivity contribution is 0.0215. The number of hydrogen-bond acceptors (Lipinski definition) is 3. The Morgan fingerprint density at radius 3 is 2.81 bits per heavy atom. The molecule has 0 bridgehead atoms. The highest BCUT2D eigenvalue weighted by Gasteiger charge is 2.18. The lowest BCUT2D eigenvalue weighted by atomic mass is 10.1. The van der Waals surface area contributed by atoms with Crippen LogP contribution in [-0.2, 0) is 10.6 Å². The van der Waals surface area contributed by atoms with Gasteiger partial charge in [0.25, 0.3) is 0 Å². The predicted molar refractivity (Wildman–Crippen MR) is 88.2 cm³/mol. The SMILES string of the molecule is CN(CC1CCCCO1)c1ncc(CCl)c2ccccc12. The van der Waals surface area contributed by atoms with Gasteiger partial charge < -0.3 is 9.64 Å². The molecule has 1 aromatic heterocycles. The maximum atomic E-state index is 6.02. The number of nitrogens with zero attached hydrogens (tertiary/aromatic N) is 2. The number of ether oxygens (including phenoxy) is 1. The lowest BCUT2D eigenvalue weighted by Gasteiger charge is -2.28. The van der Waals surface area contributed by atoms with Crippen LogP contribution in [0.5, 0.6) is 0 Å². The summed E-state index contributed by atoms with van der Waals surface area (Å²) in [4.78, 5) is 6.83. The number of rotatable bonds is 4. The van der Waals surface area contributed by atoms with E-state index in [4.69, 9.17) is 16.3 Å². The highest BCUT2D eigenvalue weighted by Crippen LogP contribution is 2.28. The molecule has 0 spiro atoms. The lowest BCUT2D eigenvalue weighted by Crippen LogP contribution is -2.33. The number of likely N-dealkylation sites (N-methyl/N-ethyl adjacent to an activating group) is 1. The van der Waals surface area contributed by atoms with E-state index in [0.29, 0.717) is 12.0 Å². The first-order valence-corrected chi connectivity index (χ1v) is 8.08. The summed E-state index contributed by atoms with van der Waals surface area (Å²) in [6, 6.07) is 8.33. The van der Waals surface area contributed by atoms with E-state index < -0.39 is 0 Å². The molecule has 1 fully saturated rings. The molecule has 2 aromatic rings. The van der Waals surface area contributed by atoms with Crippen molar-refractivity contribution < 1.29 is 4.74 Å². The second-order valence-electron chi connectivity index (χ2n) is 5.66. The van der Waals surface area contributed by atoms with Crippen LogP contribution >= 0.6 is 11.6 Å². The second kappa shape index (κ2) is 6.63. The molecule has 0 N–H and O–H groups in total. The van der Waals surface area contributed by atoms with Crippen molar-refractivity contribution >= 4 is 28.2 Å². The van der Waals surface area contributed by atoms with E-state index in [2.05, 4.69) is 35.1 Å². The fourth-order valence-electron chi connectivity index (χ4n) is 2.99. The summed E-state index contributed by atoms with van der Waals surface area (Å²) < 4.78 is 5.84. The van der Waals surface area contributed by atoms with Gasteiger partial charge in [-0.2, -0.15) is 0 Å². The minimum atomic E-state index is 0.317. The summed E-state index contributed by atoms with van der Waals surface area (Å²) in [5.41, 5.74) is 1.08. The number of pyridine rings is 1. The molecule has 0 amide bonds. The van der Waals surface area contributed by atoms with E-state index in [1.165, 1.54) is 18.2 Å². The maximum Gasteiger partial charge on any atom is 0.136 e. The molecule has 112 valence electrons. The molecule has 1 aromatic carbocycles. The summed E-state index contributed by atoms with van der Waals surface area (Å²) in [6.07, 6.45) is 5.80. The summed E-state index contributed by atoms with van der Waals surface area (Å²) in [7, 11) is 2.09. The van der Waals surface area contributed by atoms with E-state index in [1.807, 2.05) is 12.3 Å². The topological polar surface area (TPSA) is 25.4 Å². The van der Waals surface area contributed by atoms with Crippen LogP contribution in [-0.4, -0.2) is 31.3 Å². The molecular weight excluding hydrogens is 284 g/mol. The Kier molecular flexibility index (Phi) is 4.61. The van der Waals surface area contributed by atoms with Crippen molar-refractivity contribution in [3.63, 3.8) is 0 Å². The van der Waals surface area contributed by atoms with Crippen LogP contribution in [0.1, 0.15) is 24.8 Å². The fourth-order valence-corrected chi connectivity index (χ4v) is 3.20. The quantitative estimate of drug-likeness (QED) is 0.799. The molecule has 0 aliphatic carbocycles. The van der Waals surface area contributed by atoms with Gasteiger partial charge in [-0.3, -0.25) is 0 Å². The van der Waals surface area contributed by atoms with E-state index in [9.17, 15) is 0 Å². The Bertz CT molecular complexity index is 611. The van der Waals surface area contributed by atoms with Crippen LogP contribution in [0, 0.1) is 0 Å². The summed E-state index contributed by atoms with van der Waals surface area (Å²) in [5.74, 6) is 1.50. The molecule has 0 radical (unpaired) electrons. The normalized spacial score (nSPS) is 18.9. The van der Waals surface area contributed by atoms with Crippen molar-refractivity contribution in [2.45, 2.75) is 31.2 Å². The van der Waals surface area contributed by atoms with Gasteiger partial charge in [-0.05, 0) is 30.2 Å². The zero-order valence-electron chi connectivity index (χ0n) is 12.4. The predicted octanol–water partition coefficient (Wildman–Crippen LogP) is 3.98. The highest BCUT2D eigenvalue weighted by atomic mass is 35.5. The highest BCUT2D eigenvalue weighted by molar-refractivity contribution is 6.18. The van der Waals surface area contributed by atoms with Crippen LogP contribution in [0.3, 0.4) is 0 Å². The van der Waals surface area contributed by atoms with E-state index >= 15 is 0 Å². The standard InChI is InChI=1S/C17H21ClN2O/c1-20(12-14-6-4-5-9-21-14)17-16-8-3-2-7-15(16)13(10-18)11-19-17/h2-3,7-8,11,14H,4-6,9-10,12H2,1H3. The molecule has 3 rings (SSSR count). The van der Waals surface area contributed by atoms with Gasteiger partial charge in [0.05, 0.1) is 6.10 Å². The number of fused-ring (bicyclic) bond motifs is 1. The van der Waals surface area contributed by atoms with E-state index in [1.54, 1.807) is 0 Å². The van der Waals surface area contributed by atoms with Crippen LogP contribution in [0.2, 0.25) is 0 Å². The minimum Gasteiger partial charge on any atom is -0.376 e. The van der Waals surface area contributed by atoms with Crippen molar-refractivity contribution in [2.24, 2.45) is 0 Å². The van der Waals surface area contributed by atoms with Crippen LogP contribution in [0.4, 0.5) is 5.82 Å². The molecular formula is C17H21ClN2O. The number of hydrogen-bond donors (Lipinski definition) is 0. The van der Waals surface area contributed by atoms with Gasteiger partial charge in [-0.25, -0.2) is 4.98 Å². The van der Waals surface area contributed by atoms with E-state index in [-0.39, 0.29) is 0 Å². The number of anilines is 1. The first kappa shape index (κ1) is 14.6. The van der Waals surface area contributed by atoms with Crippen molar-refractivity contribution in [1.29, 1.82) is 0 Å². The molecule has 1 aliphatic rings. The third kappa shape index (κ3) is 3.14. The Morgan fingerprint density at radius 2 is 2.10 bits per heavy atom. The number of benzene rings is 1. The van der Waals surface area contributed by atoms with Crippen molar-refractivity contribution in [2.75, 3.05) is 25.1 Å².